The quantitative estimate of drug-likeness (QED) is 0.229. The largest absolute Gasteiger partial charge is 1.00 e. The Balaban J connectivity index is 0.00000193. The molecule has 176 valence electrons. The van der Waals surface area contributed by atoms with Gasteiger partial charge in [-0.15, -0.1) is 0 Å². The molecule has 5 heteroatoms. The minimum absolute atomic E-state index is 0. The number of aryl methyl sites for hydroxylation is 3. The molecule has 3 aromatic carbocycles. The topological polar surface area (TPSA) is 0 Å². The first-order valence-corrected chi connectivity index (χ1v) is 13.9. The van der Waals surface area contributed by atoms with Crippen molar-refractivity contribution in [3.05, 3.63) is 110 Å². The van der Waals surface area contributed by atoms with Crippen LogP contribution in [0.25, 0.3) is 0 Å². The smallest absolute Gasteiger partial charge is 1.00 e. The molecule has 0 nitrogen and oxygen atoms in total. The summed E-state index contributed by atoms with van der Waals surface area (Å²) in [6, 6.07) is 27.9. The average Bonchev–Trinajstić information content (AvgIpc) is 2.93. The minimum Gasteiger partial charge on any atom is -1.00 e. The van der Waals surface area contributed by atoms with Gasteiger partial charge in [0.2, 0.25) is 0 Å². The molecule has 0 radical (unpaired) electrons. The van der Waals surface area contributed by atoms with Gasteiger partial charge in [-0.1, -0.05) is 0 Å². The van der Waals surface area contributed by atoms with Gasteiger partial charge in [0.05, 0.1) is 0 Å². The Morgan fingerprint density at radius 3 is 1.21 bits per heavy atom. The first-order valence-electron chi connectivity index (χ1n) is 11.1. The van der Waals surface area contributed by atoms with E-state index < -0.39 is 8.07 Å². The first kappa shape index (κ1) is 31.0. The van der Waals surface area contributed by atoms with Crippen LogP contribution in [0.3, 0.4) is 0 Å². The van der Waals surface area contributed by atoms with Crippen molar-refractivity contribution in [3.8, 4) is 0 Å². The molecule has 0 fully saturated rings. The summed E-state index contributed by atoms with van der Waals surface area (Å²) in [5.74, 6) is 0.452. The Kier molecular flexibility index (Phi) is 11.2. The van der Waals surface area contributed by atoms with Crippen LogP contribution >= 0.6 is 0 Å². The molecule has 1 aliphatic rings. The Morgan fingerprint density at radius 2 is 0.941 bits per heavy atom. The SMILES string of the molecule is CC1=[C]([Ti+3])C(C)C([Si](c2cccc(C)c2)(c2cccc(C)c2)c2cccc(C)c2)=C1C.[Cl-].[Cl-].[Cl-]. The van der Waals surface area contributed by atoms with Crippen molar-refractivity contribution >= 4 is 23.6 Å². The molecule has 0 heterocycles. The van der Waals surface area contributed by atoms with E-state index in [-0.39, 0.29) is 37.2 Å². The molecule has 0 bridgehead atoms. The zero-order valence-corrected chi connectivity index (χ0v) is 25.5. The summed E-state index contributed by atoms with van der Waals surface area (Å²) in [4.78, 5) is 0. The number of hydrogen-bond donors (Lipinski definition) is 0. The van der Waals surface area contributed by atoms with Crippen molar-refractivity contribution in [1.82, 2.24) is 0 Å². The van der Waals surface area contributed by atoms with E-state index in [4.69, 9.17) is 0 Å². The maximum atomic E-state index is 2.45. The summed E-state index contributed by atoms with van der Waals surface area (Å²) in [6.07, 6.45) is 0. The van der Waals surface area contributed by atoms with Crippen molar-refractivity contribution in [3.63, 3.8) is 0 Å². The fourth-order valence-corrected chi connectivity index (χ4v) is 12.0. The van der Waals surface area contributed by atoms with Gasteiger partial charge >= 0.3 is 201 Å². The molecule has 0 saturated carbocycles. The summed E-state index contributed by atoms with van der Waals surface area (Å²) in [6.45, 7) is 13.8. The zero-order valence-electron chi connectivity index (χ0n) is 20.6. The van der Waals surface area contributed by atoms with Crippen LogP contribution in [-0.2, 0) is 20.4 Å². The molecule has 0 N–H and O–H groups in total. The fourth-order valence-electron chi connectivity index (χ4n) is 5.41. The summed E-state index contributed by atoms with van der Waals surface area (Å²) in [5.41, 5.74) is 6.98. The maximum Gasteiger partial charge on any atom is -1.00 e. The molecule has 0 aromatic heterocycles. The summed E-state index contributed by atoms with van der Waals surface area (Å²) < 4.78 is 1.53. The second-order valence-electron chi connectivity index (χ2n) is 9.16. The monoisotopic (exact) mass is 560 g/mol. The van der Waals surface area contributed by atoms with Gasteiger partial charge < -0.3 is 37.2 Å². The normalized spacial score (nSPS) is 15.5. The van der Waals surface area contributed by atoms with Gasteiger partial charge in [-0.05, 0) is 0 Å². The van der Waals surface area contributed by atoms with E-state index in [1.54, 1.807) is 5.20 Å². The summed E-state index contributed by atoms with van der Waals surface area (Å²) in [7, 11) is -2.46. The van der Waals surface area contributed by atoms with Gasteiger partial charge in [0.15, 0.2) is 0 Å². The van der Waals surface area contributed by atoms with Gasteiger partial charge in [-0.3, -0.25) is 0 Å². The Labute approximate surface area is 237 Å². The second kappa shape index (κ2) is 12.3. The fraction of sp³-hybridized carbons (Fsp3) is 0.241. The van der Waals surface area contributed by atoms with Gasteiger partial charge in [-0.2, -0.15) is 0 Å². The second-order valence-corrected chi connectivity index (χ2v) is 13.8. The zero-order chi connectivity index (χ0) is 22.3. The van der Waals surface area contributed by atoms with Crippen molar-refractivity contribution in [2.75, 3.05) is 0 Å². The molecule has 1 aliphatic carbocycles. The Hall–Kier alpha value is -1.06. The molecule has 1 atom stereocenters. The molecule has 3 aromatic rings. The van der Waals surface area contributed by atoms with Gasteiger partial charge in [0.1, 0.15) is 0 Å². The van der Waals surface area contributed by atoms with Gasteiger partial charge in [-0.25, -0.2) is 0 Å². The molecule has 4 rings (SSSR count). The van der Waals surface area contributed by atoms with E-state index in [9.17, 15) is 0 Å². The minimum atomic E-state index is -2.46. The van der Waals surface area contributed by atoms with Gasteiger partial charge in [0, 0.05) is 0 Å². The van der Waals surface area contributed by atoms with Gasteiger partial charge in [0.25, 0.3) is 0 Å². The average molecular weight is 562 g/mol. The van der Waals surface area contributed by atoms with E-state index in [1.165, 1.54) is 47.3 Å². The molecule has 0 amide bonds. The third-order valence-electron chi connectivity index (χ3n) is 6.99. The molecule has 1 unspecified atom stereocenters. The standard InChI is InChI=1S/C29H31Si.3ClH.Ti/c1-20-10-7-13-26(16-20)30(27-14-8-11-21(2)17-27,28-15-9-12-22(3)18-28)29-24(5)19-23(4)25(29)6;;;;/h7-18,24H,1-6H3;3*1H;/q;;;;+3/p-3. The molecular formula is C29H31Cl3SiTi. The van der Waals surface area contributed by atoms with Crippen LogP contribution in [0.1, 0.15) is 37.5 Å². The maximum absolute atomic E-state index is 2.46. The van der Waals surface area contributed by atoms with Crippen molar-refractivity contribution < 1.29 is 57.7 Å². The van der Waals surface area contributed by atoms with E-state index >= 15 is 0 Å². The summed E-state index contributed by atoms with van der Waals surface area (Å²) >= 11 is 2.33. The molecule has 0 saturated heterocycles. The van der Waals surface area contributed by atoms with Crippen LogP contribution in [0.4, 0.5) is 0 Å². The summed E-state index contributed by atoms with van der Waals surface area (Å²) in [5, 5.41) is 6.14. The van der Waals surface area contributed by atoms with Crippen LogP contribution in [-0.4, -0.2) is 8.07 Å². The Bertz CT molecular complexity index is 1120. The number of rotatable bonds is 4. The number of hydrogen-bond acceptors (Lipinski definition) is 0. The predicted octanol–water partition coefficient (Wildman–Crippen LogP) is -3.58. The number of allylic oxidation sites excluding steroid dienone is 4. The van der Waals surface area contributed by atoms with E-state index in [2.05, 4.69) is 135 Å². The van der Waals surface area contributed by atoms with Crippen molar-refractivity contribution in [1.29, 1.82) is 0 Å². The molecular weight excluding hydrogens is 531 g/mol. The van der Waals surface area contributed by atoms with Crippen LogP contribution < -0.4 is 52.8 Å². The third kappa shape index (κ3) is 5.21. The van der Waals surface area contributed by atoms with Crippen LogP contribution in [0.2, 0.25) is 0 Å². The molecule has 0 spiro atoms. The van der Waals surface area contributed by atoms with Crippen LogP contribution in [0.5, 0.6) is 0 Å². The van der Waals surface area contributed by atoms with Crippen molar-refractivity contribution in [2.24, 2.45) is 5.92 Å². The van der Waals surface area contributed by atoms with E-state index in [0.717, 1.165) is 0 Å². The van der Waals surface area contributed by atoms with E-state index in [1.807, 2.05) is 0 Å². The Morgan fingerprint density at radius 1 is 0.588 bits per heavy atom. The predicted molar refractivity (Wildman–Crippen MR) is 133 cm³/mol. The molecule has 34 heavy (non-hydrogen) atoms. The first-order chi connectivity index (χ1) is 14.8. The van der Waals surface area contributed by atoms with Crippen LogP contribution in [0, 0.1) is 26.7 Å². The van der Waals surface area contributed by atoms with Crippen LogP contribution in [0.15, 0.2) is 93.0 Å². The van der Waals surface area contributed by atoms with Crippen molar-refractivity contribution in [2.45, 2.75) is 41.5 Å². The number of halogens is 3. The third-order valence-corrected chi connectivity index (χ3v) is 13.4. The number of benzene rings is 3. The van der Waals surface area contributed by atoms with E-state index in [0.29, 0.717) is 5.92 Å². The molecule has 0 aliphatic heterocycles.